The second-order valence-corrected chi connectivity index (χ2v) is 3.80. The van der Waals surface area contributed by atoms with Crippen LogP contribution in [0.3, 0.4) is 0 Å². The van der Waals surface area contributed by atoms with Gasteiger partial charge in [-0.3, -0.25) is 10.1 Å². The quantitative estimate of drug-likeness (QED) is 0.375. The molecule has 0 heterocycles. The van der Waals surface area contributed by atoms with E-state index < -0.39 is 0 Å². The molecule has 1 rings (SSSR count). The fraction of sp³-hybridized carbons (Fsp3) is 0.500. The van der Waals surface area contributed by atoms with E-state index in [1.165, 1.54) is 6.07 Å². The molecule has 0 atom stereocenters. The zero-order valence-electron chi connectivity index (χ0n) is 10.8. The number of anilines is 2. The Morgan fingerprint density at radius 2 is 1.94 bits per heavy atom. The van der Waals surface area contributed by atoms with Gasteiger partial charge in [-0.15, -0.1) is 0 Å². The van der Waals surface area contributed by atoms with Gasteiger partial charge in [0.2, 0.25) is 0 Å². The van der Waals surface area contributed by atoms with Gasteiger partial charge in [0.05, 0.1) is 4.92 Å². The van der Waals surface area contributed by atoms with E-state index in [0.29, 0.717) is 12.2 Å². The topological polar surface area (TPSA) is 79.2 Å². The van der Waals surface area contributed by atoms with Crippen molar-refractivity contribution in [2.45, 2.75) is 13.8 Å². The van der Waals surface area contributed by atoms with E-state index in [0.717, 1.165) is 25.3 Å². The average molecular weight is 252 g/mol. The lowest BCUT2D eigenvalue weighted by molar-refractivity contribution is -0.383. The predicted molar refractivity (Wildman–Crippen MR) is 74.3 cm³/mol. The van der Waals surface area contributed by atoms with Crippen LogP contribution >= 0.6 is 0 Å². The van der Waals surface area contributed by atoms with Gasteiger partial charge < -0.3 is 16.0 Å². The molecule has 0 aliphatic carbocycles. The SMILES string of the molecule is CCNCCNc1ccc([N+](=O)[O-])c(NCC)c1. The van der Waals surface area contributed by atoms with Crippen molar-refractivity contribution in [3.05, 3.63) is 28.3 Å². The lowest BCUT2D eigenvalue weighted by atomic mass is 10.2. The van der Waals surface area contributed by atoms with Crippen molar-refractivity contribution in [1.29, 1.82) is 0 Å². The maximum Gasteiger partial charge on any atom is 0.292 e. The van der Waals surface area contributed by atoms with Crippen molar-refractivity contribution in [3.63, 3.8) is 0 Å². The molecule has 0 aliphatic rings. The number of nitrogens with zero attached hydrogens (tertiary/aromatic N) is 1. The summed E-state index contributed by atoms with van der Waals surface area (Å²) in [5.41, 5.74) is 1.54. The van der Waals surface area contributed by atoms with Crippen LogP contribution in [0.25, 0.3) is 0 Å². The molecule has 1 aromatic rings. The second kappa shape index (κ2) is 7.50. The molecule has 0 fully saturated rings. The highest BCUT2D eigenvalue weighted by Crippen LogP contribution is 2.27. The summed E-state index contributed by atoms with van der Waals surface area (Å²) in [5, 5.41) is 20.3. The first kappa shape index (κ1) is 14.2. The minimum absolute atomic E-state index is 0.106. The Kier molecular flexibility index (Phi) is 5.93. The summed E-state index contributed by atoms with van der Waals surface area (Å²) < 4.78 is 0. The number of nitrogens with one attached hydrogen (secondary N) is 3. The Morgan fingerprint density at radius 1 is 1.17 bits per heavy atom. The Labute approximate surface area is 107 Å². The average Bonchev–Trinajstić information content (AvgIpc) is 2.35. The van der Waals surface area contributed by atoms with Crippen LogP contribution in [-0.4, -0.2) is 31.1 Å². The van der Waals surface area contributed by atoms with Crippen LogP contribution in [0, 0.1) is 10.1 Å². The number of rotatable bonds is 8. The first-order valence-corrected chi connectivity index (χ1v) is 6.16. The highest BCUT2D eigenvalue weighted by atomic mass is 16.6. The third-order valence-corrected chi connectivity index (χ3v) is 2.44. The van der Waals surface area contributed by atoms with Crippen LogP contribution in [0.15, 0.2) is 18.2 Å². The molecule has 1 aromatic carbocycles. The van der Waals surface area contributed by atoms with Gasteiger partial charge in [-0.05, 0) is 25.6 Å². The van der Waals surface area contributed by atoms with Crippen LogP contribution in [0.2, 0.25) is 0 Å². The van der Waals surface area contributed by atoms with Gasteiger partial charge in [-0.1, -0.05) is 6.92 Å². The number of likely N-dealkylation sites (N-methyl/N-ethyl adjacent to an activating group) is 1. The van der Waals surface area contributed by atoms with Crippen LogP contribution in [0.5, 0.6) is 0 Å². The molecule has 0 saturated carbocycles. The summed E-state index contributed by atoms with van der Waals surface area (Å²) in [6, 6.07) is 5.02. The van der Waals surface area contributed by atoms with Crippen molar-refractivity contribution in [1.82, 2.24) is 5.32 Å². The summed E-state index contributed by atoms with van der Waals surface area (Å²) in [6.07, 6.45) is 0. The largest absolute Gasteiger partial charge is 0.384 e. The van der Waals surface area contributed by atoms with E-state index in [1.54, 1.807) is 12.1 Å². The van der Waals surface area contributed by atoms with Crippen LogP contribution < -0.4 is 16.0 Å². The molecule has 6 heteroatoms. The first-order valence-electron chi connectivity index (χ1n) is 6.16. The summed E-state index contributed by atoms with van der Waals surface area (Å²) in [6.45, 7) is 7.21. The fourth-order valence-corrected chi connectivity index (χ4v) is 1.61. The molecule has 0 amide bonds. The van der Waals surface area contributed by atoms with Gasteiger partial charge in [0, 0.05) is 31.4 Å². The highest BCUT2D eigenvalue weighted by Gasteiger charge is 2.13. The highest BCUT2D eigenvalue weighted by molar-refractivity contribution is 5.68. The zero-order chi connectivity index (χ0) is 13.4. The Hall–Kier alpha value is -1.82. The number of nitro benzene ring substituents is 1. The van der Waals surface area contributed by atoms with Gasteiger partial charge in [0.1, 0.15) is 5.69 Å². The number of nitro groups is 1. The minimum atomic E-state index is -0.375. The van der Waals surface area contributed by atoms with Crippen LogP contribution in [-0.2, 0) is 0 Å². The second-order valence-electron chi connectivity index (χ2n) is 3.80. The number of hydrogen-bond acceptors (Lipinski definition) is 5. The Morgan fingerprint density at radius 3 is 2.56 bits per heavy atom. The summed E-state index contributed by atoms with van der Waals surface area (Å²) in [4.78, 5) is 10.5. The zero-order valence-corrected chi connectivity index (χ0v) is 10.8. The molecule has 6 nitrogen and oxygen atoms in total. The molecule has 0 aromatic heterocycles. The first-order chi connectivity index (χ1) is 8.69. The van der Waals surface area contributed by atoms with E-state index in [2.05, 4.69) is 22.9 Å². The van der Waals surface area contributed by atoms with Crippen molar-refractivity contribution in [3.8, 4) is 0 Å². The van der Waals surface area contributed by atoms with Gasteiger partial charge in [0.25, 0.3) is 5.69 Å². The van der Waals surface area contributed by atoms with Crippen LogP contribution in [0.1, 0.15) is 13.8 Å². The van der Waals surface area contributed by atoms with Gasteiger partial charge in [0.15, 0.2) is 0 Å². The van der Waals surface area contributed by atoms with Crippen molar-refractivity contribution >= 4 is 17.1 Å². The normalized spacial score (nSPS) is 10.1. The van der Waals surface area contributed by atoms with Crippen molar-refractivity contribution in [2.24, 2.45) is 0 Å². The van der Waals surface area contributed by atoms with E-state index >= 15 is 0 Å². The maximum atomic E-state index is 10.8. The Balaban J connectivity index is 2.70. The Bertz CT molecular complexity index is 396. The maximum absolute atomic E-state index is 10.8. The molecular weight excluding hydrogens is 232 g/mol. The van der Waals surface area contributed by atoms with Crippen molar-refractivity contribution in [2.75, 3.05) is 36.8 Å². The summed E-state index contributed by atoms with van der Waals surface area (Å²) >= 11 is 0. The van der Waals surface area contributed by atoms with Gasteiger partial charge >= 0.3 is 0 Å². The standard InChI is InChI=1S/C12H20N4O2/c1-3-13-7-8-15-10-5-6-12(16(17)18)11(9-10)14-4-2/h5-6,9,13-15H,3-4,7-8H2,1-2H3. The molecular formula is C12H20N4O2. The molecule has 0 aliphatic heterocycles. The van der Waals surface area contributed by atoms with Crippen LogP contribution in [0.4, 0.5) is 17.1 Å². The lowest BCUT2D eigenvalue weighted by Gasteiger charge is -2.10. The minimum Gasteiger partial charge on any atom is -0.384 e. The summed E-state index contributed by atoms with van der Waals surface area (Å²) in [5.74, 6) is 0. The summed E-state index contributed by atoms with van der Waals surface area (Å²) in [7, 11) is 0. The number of benzene rings is 1. The predicted octanol–water partition coefficient (Wildman–Crippen LogP) is 2.05. The van der Waals surface area contributed by atoms with Crippen molar-refractivity contribution < 1.29 is 4.92 Å². The van der Waals surface area contributed by atoms with Gasteiger partial charge in [-0.25, -0.2) is 0 Å². The lowest BCUT2D eigenvalue weighted by Crippen LogP contribution is -2.21. The molecule has 0 saturated heterocycles. The van der Waals surface area contributed by atoms with E-state index in [1.807, 2.05) is 6.92 Å². The number of hydrogen-bond donors (Lipinski definition) is 3. The molecule has 0 unspecified atom stereocenters. The fourth-order valence-electron chi connectivity index (χ4n) is 1.61. The molecule has 3 N–H and O–H groups in total. The molecule has 0 spiro atoms. The van der Waals surface area contributed by atoms with E-state index in [-0.39, 0.29) is 10.6 Å². The molecule has 0 bridgehead atoms. The molecule has 100 valence electrons. The smallest absolute Gasteiger partial charge is 0.292 e. The monoisotopic (exact) mass is 252 g/mol. The van der Waals surface area contributed by atoms with E-state index in [9.17, 15) is 10.1 Å². The van der Waals surface area contributed by atoms with Gasteiger partial charge in [-0.2, -0.15) is 0 Å². The van der Waals surface area contributed by atoms with E-state index in [4.69, 9.17) is 0 Å². The third kappa shape index (κ3) is 4.21. The molecule has 18 heavy (non-hydrogen) atoms. The molecule has 0 radical (unpaired) electrons. The third-order valence-electron chi connectivity index (χ3n) is 2.44.